The second-order valence-electron chi connectivity index (χ2n) is 4.60. The minimum Gasteiger partial charge on any atom is -0.324 e. The van der Waals surface area contributed by atoms with Crippen molar-refractivity contribution in [3.8, 4) is 0 Å². The molecule has 0 heterocycles. The Morgan fingerprint density at radius 2 is 1.83 bits per heavy atom. The zero-order valence-corrected chi connectivity index (χ0v) is 11.7. The Bertz CT molecular complexity index is 506. The molecule has 2 aromatic rings. The second kappa shape index (κ2) is 6.07. The van der Waals surface area contributed by atoms with Crippen LogP contribution in [0.5, 0.6) is 0 Å². The van der Waals surface area contributed by atoms with E-state index in [4.69, 9.17) is 5.73 Å². The number of aryl methyl sites for hydroxylation is 1. The topological polar surface area (TPSA) is 26.0 Å². The third-order valence-electron chi connectivity index (χ3n) is 2.89. The van der Waals surface area contributed by atoms with E-state index in [1.165, 1.54) is 21.6 Å². The summed E-state index contributed by atoms with van der Waals surface area (Å²) in [6.45, 7) is 4.15. The lowest BCUT2D eigenvalue weighted by Crippen LogP contribution is -2.06. The molecule has 1 nitrogen and oxygen atoms in total. The number of hydrogen-bond donors (Lipinski definition) is 1. The lowest BCUT2D eigenvalue weighted by molar-refractivity contribution is 0.796. The molecular formula is C16H19NS. The number of thioether (sulfide) groups is 1. The molecule has 0 aromatic heterocycles. The third-order valence-corrected chi connectivity index (χ3v) is 4.05. The van der Waals surface area contributed by atoms with Crippen molar-refractivity contribution in [3.63, 3.8) is 0 Å². The maximum Gasteiger partial charge on any atom is 0.0277 e. The van der Waals surface area contributed by atoms with E-state index >= 15 is 0 Å². The van der Waals surface area contributed by atoms with Crippen LogP contribution in [0.2, 0.25) is 0 Å². The SMILES string of the molecule is Cc1ccc(SCc2ccccc2)c(C(C)N)c1. The summed E-state index contributed by atoms with van der Waals surface area (Å²) in [6, 6.07) is 17.1. The Labute approximate surface area is 113 Å². The smallest absolute Gasteiger partial charge is 0.0277 e. The van der Waals surface area contributed by atoms with Gasteiger partial charge in [-0.05, 0) is 31.0 Å². The van der Waals surface area contributed by atoms with Gasteiger partial charge in [-0.2, -0.15) is 0 Å². The predicted octanol–water partition coefficient (Wildman–Crippen LogP) is 4.31. The van der Waals surface area contributed by atoms with Gasteiger partial charge < -0.3 is 5.73 Å². The molecule has 94 valence electrons. The largest absolute Gasteiger partial charge is 0.324 e. The van der Waals surface area contributed by atoms with Gasteiger partial charge in [0.1, 0.15) is 0 Å². The van der Waals surface area contributed by atoms with Crippen molar-refractivity contribution in [2.45, 2.75) is 30.5 Å². The number of nitrogens with two attached hydrogens (primary N) is 1. The lowest BCUT2D eigenvalue weighted by atomic mass is 10.1. The van der Waals surface area contributed by atoms with Gasteiger partial charge in [-0.3, -0.25) is 0 Å². The molecule has 2 heteroatoms. The molecule has 0 spiro atoms. The van der Waals surface area contributed by atoms with E-state index in [1.54, 1.807) is 0 Å². The molecule has 0 aliphatic rings. The first-order chi connectivity index (χ1) is 8.66. The Balaban J connectivity index is 2.14. The zero-order chi connectivity index (χ0) is 13.0. The van der Waals surface area contributed by atoms with Crippen LogP contribution >= 0.6 is 11.8 Å². The van der Waals surface area contributed by atoms with Crippen molar-refractivity contribution < 1.29 is 0 Å². The van der Waals surface area contributed by atoms with Gasteiger partial charge in [0, 0.05) is 16.7 Å². The Kier molecular flexibility index (Phi) is 4.45. The van der Waals surface area contributed by atoms with Crippen LogP contribution in [-0.2, 0) is 5.75 Å². The molecule has 0 fully saturated rings. The molecule has 0 saturated carbocycles. The van der Waals surface area contributed by atoms with Crippen LogP contribution in [0.25, 0.3) is 0 Å². The molecule has 0 radical (unpaired) electrons. The van der Waals surface area contributed by atoms with E-state index in [9.17, 15) is 0 Å². The van der Waals surface area contributed by atoms with E-state index in [-0.39, 0.29) is 6.04 Å². The van der Waals surface area contributed by atoms with Gasteiger partial charge in [0.15, 0.2) is 0 Å². The van der Waals surface area contributed by atoms with E-state index in [1.807, 2.05) is 24.8 Å². The molecule has 1 atom stereocenters. The molecule has 1 unspecified atom stereocenters. The Morgan fingerprint density at radius 3 is 2.50 bits per heavy atom. The first kappa shape index (κ1) is 13.2. The summed E-state index contributed by atoms with van der Waals surface area (Å²) < 4.78 is 0. The standard InChI is InChI=1S/C16H19NS/c1-12-8-9-16(15(10-12)13(2)17)18-11-14-6-4-3-5-7-14/h3-10,13H,11,17H2,1-2H3. The summed E-state index contributed by atoms with van der Waals surface area (Å²) in [5, 5.41) is 0. The first-order valence-electron chi connectivity index (χ1n) is 6.19. The summed E-state index contributed by atoms with van der Waals surface area (Å²) in [6.07, 6.45) is 0. The molecule has 0 saturated heterocycles. The maximum absolute atomic E-state index is 6.04. The Hall–Kier alpha value is -1.25. The third kappa shape index (κ3) is 3.37. The van der Waals surface area contributed by atoms with Gasteiger partial charge in [0.25, 0.3) is 0 Å². The molecule has 0 amide bonds. The summed E-state index contributed by atoms with van der Waals surface area (Å²) >= 11 is 1.86. The van der Waals surface area contributed by atoms with Gasteiger partial charge in [0.2, 0.25) is 0 Å². The minimum atomic E-state index is 0.0863. The van der Waals surface area contributed by atoms with Crippen molar-refractivity contribution in [2.24, 2.45) is 5.73 Å². The first-order valence-corrected chi connectivity index (χ1v) is 7.18. The fourth-order valence-corrected chi connectivity index (χ4v) is 2.98. The van der Waals surface area contributed by atoms with Crippen molar-refractivity contribution in [2.75, 3.05) is 0 Å². The molecule has 2 rings (SSSR count). The zero-order valence-electron chi connectivity index (χ0n) is 10.9. The number of hydrogen-bond acceptors (Lipinski definition) is 2. The summed E-state index contributed by atoms with van der Waals surface area (Å²) in [5.74, 6) is 0.990. The van der Waals surface area contributed by atoms with E-state index in [0.717, 1.165) is 5.75 Å². The molecule has 2 N–H and O–H groups in total. The van der Waals surface area contributed by atoms with Crippen molar-refractivity contribution >= 4 is 11.8 Å². The maximum atomic E-state index is 6.04. The molecule has 2 aromatic carbocycles. The fourth-order valence-electron chi connectivity index (χ4n) is 1.89. The quantitative estimate of drug-likeness (QED) is 0.826. The van der Waals surface area contributed by atoms with Crippen LogP contribution in [0.15, 0.2) is 53.4 Å². The molecule has 0 aliphatic carbocycles. The van der Waals surface area contributed by atoms with Crippen LogP contribution in [-0.4, -0.2) is 0 Å². The van der Waals surface area contributed by atoms with Gasteiger partial charge >= 0.3 is 0 Å². The van der Waals surface area contributed by atoms with E-state index in [0.29, 0.717) is 0 Å². The van der Waals surface area contributed by atoms with Crippen LogP contribution in [0, 0.1) is 6.92 Å². The number of benzene rings is 2. The van der Waals surface area contributed by atoms with Crippen molar-refractivity contribution in [1.82, 2.24) is 0 Å². The van der Waals surface area contributed by atoms with Gasteiger partial charge in [-0.1, -0.05) is 48.0 Å². The monoisotopic (exact) mass is 257 g/mol. The highest BCUT2D eigenvalue weighted by Gasteiger charge is 2.07. The summed E-state index contributed by atoms with van der Waals surface area (Å²) in [7, 11) is 0. The average molecular weight is 257 g/mol. The van der Waals surface area contributed by atoms with Crippen molar-refractivity contribution in [3.05, 3.63) is 65.2 Å². The second-order valence-corrected chi connectivity index (χ2v) is 5.62. The lowest BCUT2D eigenvalue weighted by Gasteiger charge is -2.13. The minimum absolute atomic E-state index is 0.0863. The molecule has 0 aliphatic heterocycles. The summed E-state index contributed by atoms with van der Waals surface area (Å²) in [5.41, 5.74) is 9.90. The van der Waals surface area contributed by atoms with E-state index < -0.39 is 0 Å². The van der Waals surface area contributed by atoms with Crippen LogP contribution in [0.3, 0.4) is 0 Å². The van der Waals surface area contributed by atoms with Gasteiger partial charge in [-0.15, -0.1) is 11.8 Å². The summed E-state index contributed by atoms with van der Waals surface area (Å²) in [4.78, 5) is 1.29. The van der Waals surface area contributed by atoms with Gasteiger partial charge in [0.05, 0.1) is 0 Å². The predicted molar refractivity (Wildman–Crippen MR) is 79.8 cm³/mol. The Morgan fingerprint density at radius 1 is 1.11 bits per heavy atom. The van der Waals surface area contributed by atoms with E-state index in [2.05, 4.69) is 49.4 Å². The highest BCUT2D eigenvalue weighted by molar-refractivity contribution is 7.98. The van der Waals surface area contributed by atoms with Crippen molar-refractivity contribution in [1.29, 1.82) is 0 Å². The van der Waals surface area contributed by atoms with Crippen LogP contribution in [0.4, 0.5) is 0 Å². The molecule has 18 heavy (non-hydrogen) atoms. The fraction of sp³-hybridized carbons (Fsp3) is 0.250. The highest BCUT2D eigenvalue weighted by Crippen LogP contribution is 2.30. The van der Waals surface area contributed by atoms with Crippen LogP contribution in [0.1, 0.15) is 29.7 Å². The average Bonchev–Trinajstić information content (AvgIpc) is 2.38. The number of rotatable bonds is 4. The van der Waals surface area contributed by atoms with Crippen LogP contribution < -0.4 is 5.73 Å². The van der Waals surface area contributed by atoms with Gasteiger partial charge in [-0.25, -0.2) is 0 Å². The molecule has 0 bridgehead atoms. The highest BCUT2D eigenvalue weighted by atomic mass is 32.2. The normalized spacial score (nSPS) is 12.4. The molecular weight excluding hydrogens is 238 g/mol.